The van der Waals surface area contributed by atoms with Crippen LogP contribution in [0.15, 0.2) is 24.3 Å². The van der Waals surface area contributed by atoms with Crippen LogP contribution in [0.25, 0.3) is 0 Å². The molecule has 7 nitrogen and oxygen atoms in total. The number of ether oxygens (including phenoxy) is 1. The lowest BCUT2D eigenvalue weighted by atomic mass is 10.3. The SMILES string of the molecule is CCCNC(=O)COCc1nnc(C(=O)Nc2cccc(Cl)c2)s1. The molecule has 0 atom stereocenters. The summed E-state index contributed by atoms with van der Waals surface area (Å²) in [6.45, 7) is 2.67. The summed E-state index contributed by atoms with van der Waals surface area (Å²) in [5.74, 6) is -0.554. The third-order valence-corrected chi connectivity index (χ3v) is 3.91. The van der Waals surface area contributed by atoms with Crippen LogP contribution in [0, 0.1) is 0 Å². The number of carbonyl (C=O) groups excluding carboxylic acids is 2. The number of rotatable bonds is 8. The van der Waals surface area contributed by atoms with Crippen LogP contribution in [0.4, 0.5) is 5.69 Å². The first kappa shape index (κ1) is 18.3. The highest BCUT2D eigenvalue weighted by Gasteiger charge is 2.13. The molecule has 2 amide bonds. The molecule has 2 N–H and O–H groups in total. The smallest absolute Gasteiger partial charge is 0.286 e. The molecule has 0 spiro atoms. The second-order valence-corrected chi connectivity index (χ2v) is 6.31. The van der Waals surface area contributed by atoms with E-state index in [9.17, 15) is 9.59 Å². The molecule has 1 aromatic heterocycles. The average molecular weight is 369 g/mol. The number of nitrogens with zero attached hydrogens (tertiary/aromatic N) is 2. The van der Waals surface area contributed by atoms with Gasteiger partial charge in [0.1, 0.15) is 18.2 Å². The minimum Gasteiger partial charge on any atom is -0.364 e. The third kappa shape index (κ3) is 5.88. The van der Waals surface area contributed by atoms with Crippen LogP contribution < -0.4 is 10.6 Å². The van der Waals surface area contributed by atoms with Crippen LogP contribution in [0.2, 0.25) is 5.02 Å². The maximum atomic E-state index is 12.1. The van der Waals surface area contributed by atoms with Crippen molar-refractivity contribution >= 4 is 40.4 Å². The lowest BCUT2D eigenvalue weighted by Crippen LogP contribution is -2.28. The molecule has 0 radical (unpaired) electrons. The predicted octanol–water partition coefficient (Wildman–Crippen LogP) is 2.49. The van der Waals surface area contributed by atoms with E-state index in [2.05, 4.69) is 20.8 Å². The van der Waals surface area contributed by atoms with Gasteiger partial charge in [0.2, 0.25) is 10.9 Å². The van der Waals surface area contributed by atoms with Gasteiger partial charge in [-0.05, 0) is 24.6 Å². The first-order chi connectivity index (χ1) is 11.6. The molecule has 0 aliphatic rings. The van der Waals surface area contributed by atoms with Gasteiger partial charge in [0.05, 0.1) is 0 Å². The molecular formula is C15H17ClN4O3S. The molecular weight excluding hydrogens is 352 g/mol. The highest BCUT2D eigenvalue weighted by atomic mass is 35.5. The van der Waals surface area contributed by atoms with Crippen LogP contribution in [0.5, 0.6) is 0 Å². The van der Waals surface area contributed by atoms with Gasteiger partial charge in [0.15, 0.2) is 0 Å². The fourth-order valence-electron chi connectivity index (χ4n) is 1.70. The van der Waals surface area contributed by atoms with E-state index in [1.807, 2.05) is 6.92 Å². The van der Waals surface area contributed by atoms with Gasteiger partial charge in [0.25, 0.3) is 5.91 Å². The van der Waals surface area contributed by atoms with Crippen molar-refractivity contribution in [2.24, 2.45) is 0 Å². The number of halogens is 1. The first-order valence-electron chi connectivity index (χ1n) is 7.32. The fraction of sp³-hybridized carbons (Fsp3) is 0.333. The summed E-state index contributed by atoms with van der Waals surface area (Å²) in [6.07, 6.45) is 0.868. The van der Waals surface area contributed by atoms with Crippen molar-refractivity contribution in [3.63, 3.8) is 0 Å². The van der Waals surface area contributed by atoms with Gasteiger partial charge in [-0.3, -0.25) is 9.59 Å². The van der Waals surface area contributed by atoms with E-state index in [-0.39, 0.29) is 30.0 Å². The number of carbonyl (C=O) groups is 2. The number of benzene rings is 1. The van der Waals surface area contributed by atoms with E-state index >= 15 is 0 Å². The van der Waals surface area contributed by atoms with Crippen molar-refractivity contribution in [3.8, 4) is 0 Å². The van der Waals surface area contributed by atoms with E-state index in [4.69, 9.17) is 16.3 Å². The summed E-state index contributed by atoms with van der Waals surface area (Å²) in [7, 11) is 0. The largest absolute Gasteiger partial charge is 0.364 e. The van der Waals surface area contributed by atoms with Gasteiger partial charge < -0.3 is 15.4 Å². The minimum atomic E-state index is -0.373. The van der Waals surface area contributed by atoms with Crippen molar-refractivity contribution in [1.29, 1.82) is 0 Å². The first-order valence-corrected chi connectivity index (χ1v) is 8.51. The number of aromatic nitrogens is 2. The normalized spacial score (nSPS) is 10.4. The Morgan fingerprint density at radius 1 is 1.33 bits per heavy atom. The van der Waals surface area contributed by atoms with E-state index in [1.165, 1.54) is 0 Å². The second kappa shape index (κ2) is 9.31. The molecule has 0 saturated carbocycles. The summed E-state index contributed by atoms with van der Waals surface area (Å²) >= 11 is 6.98. The maximum Gasteiger partial charge on any atom is 0.286 e. The van der Waals surface area contributed by atoms with Gasteiger partial charge in [-0.25, -0.2) is 0 Å². The summed E-state index contributed by atoms with van der Waals surface area (Å²) in [5.41, 5.74) is 0.577. The standard InChI is InChI=1S/C15H17ClN4O3S/c1-2-6-17-12(21)8-23-9-13-19-20-15(24-13)14(22)18-11-5-3-4-10(16)7-11/h3-5,7H,2,6,8-9H2,1H3,(H,17,21)(H,18,22). The molecule has 24 heavy (non-hydrogen) atoms. The summed E-state index contributed by atoms with van der Waals surface area (Å²) in [6, 6.07) is 6.82. The van der Waals surface area contributed by atoms with Crippen molar-refractivity contribution in [2.75, 3.05) is 18.5 Å². The number of nitrogens with one attached hydrogen (secondary N) is 2. The summed E-state index contributed by atoms with van der Waals surface area (Å²) in [4.78, 5) is 23.5. The Labute approximate surface area is 148 Å². The Hall–Kier alpha value is -2.03. The van der Waals surface area contributed by atoms with Crippen LogP contribution in [0.1, 0.15) is 28.2 Å². The van der Waals surface area contributed by atoms with Crippen LogP contribution in [-0.4, -0.2) is 35.2 Å². The molecule has 1 heterocycles. The zero-order valence-corrected chi connectivity index (χ0v) is 14.6. The highest BCUT2D eigenvalue weighted by Crippen LogP contribution is 2.17. The molecule has 2 aromatic rings. The highest BCUT2D eigenvalue weighted by molar-refractivity contribution is 7.13. The molecule has 0 unspecified atom stereocenters. The van der Waals surface area contributed by atoms with Crippen molar-refractivity contribution < 1.29 is 14.3 Å². The molecule has 0 aliphatic carbocycles. The van der Waals surface area contributed by atoms with Gasteiger partial charge in [-0.1, -0.05) is 35.9 Å². The molecule has 0 fully saturated rings. The lowest BCUT2D eigenvalue weighted by Gasteiger charge is -2.03. The maximum absolute atomic E-state index is 12.1. The average Bonchev–Trinajstić information content (AvgIpc) is 3.02. The van der Waals surface area contributed by atoms with Crippen molar-refractivity contribution in [3.05, 3.63) is 39.3 Å². The van der Waals surface area contributed by atoms with E-state index in [0.29, 0.717) is 22.3 Å². The topological polar surface area (TPSA) is 93.2 Å². The number of amides is 2. The monoisotopic (exact) mass is 368 g/mol. The Balaban J connectivity index is 1.81. The Kier molecular flexibility index (Phi) is 7.10. The molecule has 9 heteroatoms. The summed E-state index contributed by atoms with van der Waals surface area (Å²) < 4.78 is 5.25. The molecule has 0 saturated heterocycles. The number of hydrogen-bond donors (Lipinski definition) is 2. The van der Waals surface area contributed by atoms with E-state index in [1.54, 1.807) is 24.3 Å². The Morgan fingerprint density at radius 2 is 2.17 bits per heavy atom. The third-order valence-electron chi connectivity index (χ3n) is 2.77. The van der Waals surface area contributed by atoms with Crippen molar-refractivity contribution in [1.82, 2.24) is 15.5 Å². The van der Waals surface area contributed by atoms with Gasteiger partial charge in [0, 0.05) is 17.3 Å². The van der Waals surface area contributed by atoms with E-state index < -0.39 is 0 Å². The number of hydrogen-bond acceptors (Lipinski definition) is 6. The zero-order valence-electron chi connectivity index (χ0n) is 13.0. The van der Waals surface area contributed by atoms with Crippen LogP contribution >= 0.6 is 22.9 Å². The van der Waals surface area contributed by atoms with Crippen LogP contribution in [-0.2, 0) is 16.1 Å². The predicted molar refractivity (Wildman–Crippen MR) is 92.3 cm³/mol. The fourth-order valence-corrected chi connectivity index (χ4v) is 2.56. The molecule has 128 valence electrons. The van der Waals surface area contributed by atoms with Crippen molar-refractivity contribution in [2.45, 2.75) is 20.0 Å². The molecule has 2 rings (SSSR count). The van der Waals surface area contributed by atoms with Gasteiger partial charge in [-0.2, -0.15) is 0 Å². The molecule has 0 aliphatic heterocycles. The Bertz CT molecular complexity index is 708. The van der Waals surface area contributed by atoms with Gasteiger partial charge >= 0.3 is 0 Å². The van der Waals surface area contributed by atoms with E-state index in [0.717, 1.165) is 17.8 Å². The Morgan fingerprint density at radius 3 is 2.92 bits per heavy atom. The second-order valence-electron chi connectivity index (χ2n) is 4.81. The minimum absolute atomic E-state index is 0.0520. The zero-order chi connectivity index (χ0) is 17.4. The molecule has 0 bridgehead atoms. The molecule has 1 aromatic carbocycles. The van der Waals surface area contributed by atoms with Gasteiger partial charge in [-0.15, -0.1) is 10.2 Å². The van der Waals surface area contributed by atoms with Crippen LogP contribution in [0.3, 0.4) is 0 Å². The lowest BCUT2D eigenvalue weighted by molar-refractivity contribution is -0.126. The number of anilines is 1. The summed E-state index contributed by atoms with van der Waals surface area (Å²) in [5, 5.41) is 14.4. The quantitative estimate of drug-likeness (QED) is 0.746.